The number of nitrogens with zero attached hydrogens (tertiary/aromatic N) is 1. The molecule has 1 aliphatic heterocycles. The molecule has 0 bridgehead atoms. The number of carbonyl (C=O) groups excluding carboxylic acids is 2. The fraction of sp³-hybridized carbons (Fsp3) is 0.667. The molecule has 3 N–H and O–H groups in total. The fourth-order valence-corrected chi connectivity index (χ4v) is 0.968. The molecule has 1 rings (SSSR count). The van der Waals surface area contributed by atoms with Gasteiger partial charge < -0.3 is 10.6 Å². The zero-order valence-electron chi connectivity index (χ0n) is 6.58. The van der Waals surface area contributed by atoms with Crippen LogP contribution >= 0.6 is 12.4 Å². The number of rotatable bonds is 2. The van der Waals surface area contributed by atoms with Crippen molar-refractivity contribution in [2.24, 2.45) is 5.73 Å². The summed E-state index contributed by atoms with van der Waals surface area (Å²) in [5.74, 6) is -0.205. The van der Waals surface area contributed by atoms with E-state index in [-0.39, 0.29) is 24.3 Å². The van der Waals surface area contributed by atoms with Crippen molar-refractivity contribution >= 4 is 24.3 Å². The minimum Gasteiger partial charge on any atom is -0.329 e. The number of imide groups is 1. The minimum absolute atomic E-state index is 0. The van der Waals surface area contributed by atoms with Gasteiger partial charge >= 0.3 is 6.03 Å². The third-order valence-electron chi connectivity index (χ3n) is 1.54. The second-order valence-electron chi connectivity index (χ2n) is 2.38. The van der Waals surface area contributed by atoms with Crippen molar-refractivity contribution in [3.63, 3.8) is 0 Å². The molecular formula is C6H12ClN3O2. The van der Waals surface area contributed by atoms with Gasteiger partial charge in [0.15, 0.2) is 0 Å². The summed E-state index contributed by atoms with van der Waals surface area (Å²) < 4.78 is 0. The van der Waals surface area contributed by atoms with Crippen LogP contribution in [0, 0.1) is 0 Å². The van der Waals surface area contributed by atoms with Crippen molar-refractivity contribution < 1.29 is 9.59 Å². The molecule has 3 amide bonds. The van der Waals surface area contributed by atoms with Crippen LogP contribution in [0.25, 0.3) is 0 Å². The lowest BCUT2D eigenvalue weighted by Crippen LogP contribution is -2.50. The molecule has 5 nitrogen and oxygen atoms in total. The summed E-state index contributed by atoms with van der Waals surface area (Å²) >= 11 is 0. The van der Waals surface area contributed by atoms with Crippen LogP contribution in [0.5, 0.6) is 0 Å². The maximum Gasteiger partial charge on any atom is 0.324 e. The van der Waals surface area contributed by atoms with Crippen LogP contribution in [0.1, 0.15) is 6.42 Å². The highest BCUT2D eigenvalue weighted by atomic mass is 35.5. The standard InChI is InChI=1S/C6H11N3O2.ClH/c7-2-4-9-3-1-5(10)8-6(9)11;/h1-4,7H2,(H,8,10,11);1H. The molecule has 12 heavy (non-hydrogen) atoms. The molecule has 70 valence electrons. The van der Waals surface area contributed by atoms with Crippen molar-refractivity contribution in [3.05, 3.63) is 0 Å². The largest absolute Gasteiger partial charge is 0.329 e. The maximum atomic E-state index is 10.9. The summed E-state index contributed by atoms with van der Waals surface area (Å²) in [6, 6.07) is -0.327. The quantitative estimate of drug-likeness (QED) is 0.610. The van der Waals surface area contributed by atoms with Gasteiger partial charge in [-0.15, -0.1) is 12.4 Å². The van der Waals surface area contributed by atoms with Gasteiger partial charge in [-0.1, -0.05) is 0 Å². The van der Waals surface area contributed by atoms with Gasteiger partial charge in [-0.05, 0) is 0 Å². The summed E-state index contributed by atoms with van der Waals surface area (Å²) in [5.41, 5.74) is 5.25. The van der Waals surface area contributed by atoms with Crippen LogP contribution in [-0.4, -0.2) is 36.5 Å². The van der Waals surface area contributed by atoms with Crippen molar-refractivity contribution in [1.29, 1.82) is 0 Å². The average molecular weight is 194 g/mol. The summed E-state index contributed by atoms with van der Waals surface area (Å²) in [4.78, 5) is 23.1. The first-order chi connectivity index (χ1) is 5.24. The molecule has 1 aliphatic rings. The molecule has 1 heterocycles. The van der Waals surface area contributed by atoms with E-state index < -0.39 is 0 Å². The SMILES string of the molecule is Cl.NCCN1CCC(=O)NC1=O. The molecule has 0 unspecified atom stereocenters. The first-order valence-electron chi connectivity index (χ1n) is 3.53. The van der Waals surface area contributed by atoms with Crippen LogP contribution in [0.4, 0.5) is 4.79 Å². The molecule has 0 aromatic heterocycles. The van der Waals surface area contributed by atoms with Crippen molar-refractivity contribution in [1.82, 2.24) is 10.2 Å². The monoisotopic (exact) mass is 193 g/mol. The molecular weight excluding hydrogens is 182 g/mol. The number of carbonyl (C=O) groups is 2. The van der Waals surface area contributed by atoms with E-state index in [4.69, 9.17) is 5.73 Å². The topological polar surface area (TPSA) is 75.4 Å². The second-order valence-corrected chi connectivity index (χ2v) is 2.38. The normalized spacial score (nSPS) is 16.9. The summed E-state index contributed by atoms with van der Waals surface area (Å²) in [7, 11) is 0. The van der Waals surface area contributed by atoms with Crippen LogP contribution < -0.4 is 11.1 Å². The van der Waals surface area contributed by atoms with E-state index >= 15 is 0 Å². The predicted octanol–water partition coefficient (Wildman–Crippen LogP) is -0.691. The smallest absolute Gasteiger partial charge is 0.324 e. The Morgan fingerprint density at radius 2 is 2.17 bits per heavy atom. The first kappa shape index (κ1) is 11.2. The molecule has 6 heteroatoms. The number of urea groups is 1. The highest BCUT2D eigenvalue weighted by molar-refractivity contribution is 5.96. The summed E-state index contributed by atoms with van der Waals surface area (Å²) in [6.07, 6.45) is 0.381. The van der Waals surface area contributed by atoms with Crippen molar-refractivity contribution in [3.8, 4) is 0 Å². The van der Waals surface area contributed by atoms with Gasteiger partial charge in [0.05, 0.1) is 0 Å². The van der Waals surface area contributed by atoms with Gasteiger partial charge in [-0.2, -0.15) is 0 Å². The van der Waals surface area contributed by atoms with Crippen LogP contribution in [0.15, 0.2) is 0 Å². The molecule has 0 atom stereocenters. The van der Waals surface area contributed by atoms with Gasteiger partial charge in [0.2, 0.25) is 5.91 Å². The van der Waals surface area contributed by atoms with Gasteiger partial charge in [0.1, 0.15) is 0 Å². The lowest BCUT2D eigenvalue weighted by molar-refractivity contribution is -0.121. The Hall–Kier alpha value is -0.810. The number of hydrogen-bond acceptors (Lipinski definition) is 3. The summed E-state index contributed by atoms with van der Waals surface area (Å²) in [6.45, 7) is 1.43. The Bertz CT molecular complexity index is 186. The lowest BCUT2D eigenvalue weighted by atomic mass is 10.3. The van der Waals surface area contributed by atoms with Crippen LogP contribution in [-0.2, 0) is 4.79 Å². The average Bonchev–Trinajstić information content (AvgIpc) is 1.95. The molecule has 1 fully saturated rings. The predicted molar refractivity (Wildman–Crippen MR) is 46.0 cm³/mol. The second kappa shape index (κ2) is 4.95. The van der Waals surface area contributed by atoms with Gasteiger partial charge in [-0.25, -0.2) is 4.79 Å². The van der Waals surface area contributed by atoms with E-state index in [1.807, 2.05) is 0 Å². The molecule has 0 aliphatic carbocycles. The Balaban J connectivity index is 0.00000121. The zero-order valence-corrected chi connectivity index (χ0v) is 7.39. The molecule has 0 saturated carbocycles. The number of amides is 3. The molecule has 0 aromatic carbocycles. The third-order valence-corrected chi connectivity index (χ3v) is 1.54. The number of hydrogen-bond donors (Lipinski definition) is 2. The van der Waals surface area contributed by atoms with E-state index in [0.29, 0.717) is 26.1 Å². The Labute approximate surface area is 76.7 Å². The number of halogens is 1. The fourth-order valence-electron chi connectivity index (χ4n) is 0.968. The number of nitrogens with two attached hydrogens (primary N) is 1. The lowest BCUT2D eigenvalue weighted by Gasteiger charge is -2.25. The first-order valence-corrected chi connectivity index (χ1v) is 3.53. The van der Waals surface area contributed by atoms with E-state index in [1.54, 1.807) is 0 Å². The third kappa shape index (κ3) is 2.67. The van der Waals surface area contributed by atoms with Crippen LogP contribution in [0.3, 0.4) is 0 Å². The van der Waals surface area contributed by atoms with Crippen molar-refractivity contribution in [2.45, 2.75) is 6.42 Å². The van der Waals surface area contributed by atoms with Crippen LogP contribution in [0.2, 0.25) is 0 Å². The summed E-state index contributed by atoms with van der Waals surface area (Å²) in [5, 5.41) is 2.21. The number of nitrogens with one attached hydrogen (secondary N) is 1. The Morgan fingerprint density at radius 1 is 1.50 bits per heavy atom. The molecule has 1 saturated heterocycles. The van der Waals surface area contributed by atoms with E-state index in [9.17, 15) is 9.59 Å². The van der Waals surface area contributed by atoms with Crippen molar-refractivity contribution in [2.75, 3.05) is 19.6 Å². The van der Waals surface area contributed by atoms with Gasteiger partial charge in [-0.3, -0.25) is 10.1 Å². The van der Waals surface area contributed by atoms with Gasteiger partial charge in [0.25, 0.3) is 0 Å². The van der Waals surface area contributed by atoms with E-state index in [1.165, 1.54) is 4.90 Å². The van der Waals surface area contributed by atoms with Gasteiger partial charge in [0, 0.05) is 26.1 Å². The Kier molecular flexibility index (Phi) is 4.61. The van der Waals surface area contributed by atoms with E-state index in [0.717, 1.165) is 0 Å². The zero-order chi connectivity index (χ0) is 8.27. The highest BCUT2D eigenvalue weighted by Crippen LogP contribution is 1.98. The minimum atomic E-state index is -0.327. The molecule has 0 aromatic rings. The molecule has 0 radical (unpaired) electrons. The Morgan fingerprint density at radius 3 is 2.67 bits per heavy atom. The maximum absolute atomic E-state index is 10.9. The highest BCUT2D eigenvalue weighted by Gasteiger charge is 2.21. The molecule has 0 spiro atoms. The van der Waals surface area contributed by atoms with E-state index in [2.05, 4.69) is 5.32 Å².